The molecule has 0 aromatic carbocycles. The van der Waals surface area contributed by atoms with Crippen LogP contribution in [0, 0.1) is 0 Å². The first-order valence-corrected chi connectivity index (χ1v) is 9.44. The van der Waals surface area contributed by atoms with Crippen molar-refractivity contribution >= 4 is 5.91 Å². The van der Waals surface area contributed by atoms with Gasteiger partial charge in [0.15, 0.2) is 0 Å². The number of likely N-dealkylation sites (tertiary alicyclic amines) is 1. The van der Waals surface area contributed by atoms with Crippen LogP contribution in [0.5, 0.6) is 0 Å². The molecule has 1 atom stereocenters. The topological polar surface area (TPSA) is 50.6 Å². The summed E-state index contributed by atoms with van der Waals surface area (Å²) in [6, 6.07) is 2.30. The average Bonchev–Trinajstić information content (AvgIpc) is 3.33. The SMILES string of the molecule is O=C(COC1CCCC1)N1Cc2ccnn2[C@@H](CN2CCCC2)C1. The maximum absolute atomic E-state index is 12.6. The van der Waals surface area contributed by atoms with E-state index in [-0.39, 0.29) is 18.6 Å². The summed E-state index contributed by atoms with van der Waals surface area (Å²) < 4.78 is 7.96. The Morgan fingerprint density at radius 3 is 2.79 bits per heavy atom. The molecular formula is C18H28N4O2. The van der Waals surface area contributed by atoms with Crippen molar-refractivity contribution in [2.24, 2.45) is 0 Å². The lowest BCUT2D eigenvalue weighted by atomic mass is 10.1. The highest BCUT2D eigenvalue weighted by atomic mass is 16.5. The molecule has 6 nitrogen and oxygen atoms in total. The summed E-state index contributed by atoms with van der Waals surface area (Å²) in [5.74, 6) is 0.126. The minimum absolute atomic E-state index is 0.126. The van der Waals surface area contributed by atoms with Crippen LogP contribution in [0.3, 0.4) is 0 Å². The molecule has 1 aliphatic carbocycles. The molecule has 3 heterocycles. The van der Waals surface area contributed by atoms with Gasteiger partial charge in [-0.25, -0.2) is 0 Å². The smallest absolute Gasteiger partial charge is 0.249 e. The van der Waals surface area contributed by atoms with Crippen LogP contribution in [0.15, 0.2) is 12.3 Å². The van der Waals surface area contributed by atoms with Crippen LogP contribution >= 0.6 is 0 Å². The highest BCUT2D eigenvalue weighted by molar-refractivity contribution is 5.77. The summed E-state index contributed by atoms with van der Waals surface area (Å²) in [5.41, 5.74) is 1.14. The first kappa shape index (κ1) is 16.1. The van der Waals surface area contributed by atoms with Crippen LogP contribution in [0.25, 0.3) is 0 Å². The van der Waals surface area contributed by atoms with Crippen LogP contribution in [0.1, 0.15) is 50.3 Å². The monoisotopic (exact) mass is 332 g/mol. The number of fused-ring (bicyclic) bond motifs is 1. The van der Waals surface area contributed by atoms with Crippen LogP contribution in [-0.4, -0.2) is 64.4 Å². The van der Waals surface area contributed by atoms with E-state index < -0.39 is 0 Å². The van der Waals surface area contributed by atoms with Gasteiger partial charge in [-0.05, 0) is 44.8 Å². The van der Waals surface area contributed by atoms with Crippen LogP contribution in [0.4, 0.5) is 0 Å². The Morgan fingerprint density at radius 1 is 1.21 bits per heavy atom. The molecule has 6 heteroatoms. The number of hydrogen-bond donors (Lipinski definition) is 0. The van der Waals surface area contributed by atoms with E-state index in [0.29, 0.717) is 12.6 Å². The molecule has 1 aromatic rings. The Morgan fingerprint density at radius 2 is 2.00 bits per heavy atom. The van der Waals surface area contributed by atoms with Crippen LogP contribution < -0.4 is 0 Å². The lowest BCUT2D eigenvalue weighted by molar-refractivity contribution is -0.140. The zero-order valence-corrected chi connectivity index (χ0v) is 14.4. The summed E-state index contributed by atoms with van der Waals surface area (Å²) >= 11 is 0. The van der Waals surface area contributed by atoms with Crippen LogP contribution in [0.2, 0.25) is 0 Å². The largest absolute Gasteiger partial charge is 0.368 e. The van der Waals surface area contributed by atoms with E-state index in [0.717, 1.165) is 31.6 Å². The fraction of sp³-hybridized carbons (Fsp3) is 0.778. The van der Waals surface area contributed by atoms with Crippen molar-refractivity contribution in [2.75, 3.05) is 32.8 Å². The van der Waals surface area contributed by atoms with E-state index in [2.05, 4.69) is 14.7 Å². The van der Waals surface area contributed by atoms with Gasteiger partial charge in [-0.1, -0.05) is 12.8 Å². The van der Waals surface area contributed by atoms with E-state index in [1.807, 2.05) is 17.2 Å². The first-order chi connectivity index (χ1) is 11.8. The molecule has 24 heavy (non-hydrogen) atoms. The summed E-state index contributed by atoms with van der Waals surface area (Å²) in [5, 5.41) is 4.50. The molecule has 0 spiro atoms. The number of amides is 1. The lowest BCUT2D eigenvalue weighted by Gasteiger charge is -2.35. The Hall–Kier alpha value is -1.40. The number of carbonyl (C=O) groups excluding carboxylic acids is 1. The van der Waals surface area contributed by atoms with E-state index in [9.17, 15) is 4.79 Å². The summed E-state index contributed by atoms with van der Waals surface area (Å²) in [4.78, 5) is 17.1. The number of hydrogen-bond acceptors (Lipinski definition) is 4. The second-order valence-corrected chi connectivity index (χ2v) is 7.42. The van der Waals surface area contributed by atoms with Crippen LogP contribution in [-0.2, 0) is 16.1 Å². The summed E-state index contributed by atoms with van der Waals surface area (Å²) in [6.07, 6.45) is 9.42. The normalized spacial score (nSPS) is 25.3. The van der Waals surface area contributed by atoms with Crippen molar-refractivity contribution < 1.29 is 9.53 Å². The number of aromatic nitrogens is 2. The van der Waals surface area contributed by atoms with Crippen molar-refractivity contribution in [3.63, 3.8) is 0 Å². The lowest BCUT2D eigenvalue weighted by Crippen LogP contribution is -2.46. The van der Waals surface area contributed by atoms with Gasteiger partial charge in [-0.15, -0.1) is 0 Å². The van der Waals surface area contributed by atoms with Gasteiger partial charge in [-0.3, -0.25) is 9.48 Å². The van der Waals surface area contributed by atoms with Crippen molar-refractivity contribution in [1.82, 2.24) is 19.6 Å². The summed E-state index contributed by atoms with van der Waals surface area (Å²) in [7, 11) is 0. The fourth-order valence-corrected chi connectivity index (χ4v) is 4.31. The van der Waals surface area contributed by atoms with Gasteiger partial charge in [-0.2, -0.15) is 5.10 Å². The third kappa shape index (κ3) is 3.49. The highest BCUT2D eigenvalue weighted by Gasteiger charge is 2.30. The molecule has 0 bridgehead atoms. The second kappa shape index (κ2) is 7.23. The van der Waals surface area contributed by atoms with E-state index in [1.165, 1.54) is 38.8 Å². The van der Waals surface area contributed by atoms with Gasteiger partial charge in [0.25, 0.3) is 0 Å². The third-order valence-corrected chi connectivity index (χ3v) is 5.65. The molecule has 0 unspecified atom stereocenters. The van der Waals surface area contributed by atoms with Gasteiger partial charge < -0.3 is 14.5 Å². The molecule has 1 aromatic heterocycles. The van der Waals surface area contributed by atoms with Crippen molar-refractivity contribution in [3.8, 4) is 0 Å². The predicted molar refractivity (Wildman–Crippen MR) is 90.6 cm³/mol. The Kier molecular flexibility index (Phi) is 4.85. The molecule has 0 N–H and O–H groups in total. The zero-order valence-electron chi connectivity index (χ0n) is 14.4. The Bertz CT molecular complexity index is 561. The number of ether oxygens (including phenoxy) is 1. The maximum Gasteiger partial charge on any atom is 0.249 e. The molecular weight excluding hydrogens is 304 g/mol. The van der Waals surface area contributed by atoms with Gasteiger partial charge >= 0.3 is 0 Å². The molecule has 0 radical (unpaired) electrons. The van der Waals surface area contributed by atoms with Gasteiger partial charge in [0.05, 0.1) is 24.4 Å². The van der Waals surface area contributed by atoms with E-state index >= 15 is 0 Å². The molecule has 1 saturated carbocycles. The van der Waals surface area contributed by atoms with Gasteiger partial charge in [0, 0.05) is 19.3 Å². The highest BCUT2D eigenvalue weighted by Crippen LogP contribution is 2.24. The number of carbonyl (C=O) groups is 1. The molecule has 3 aliphatic rings. The standard InChI is InChI=1S/C18H28N4O2/c23-18(14-24-17-5-1-2-6-17)21-12-15-7-8-19-22(15)16(13-21)11-20-9-3-4-10-20/h7-8,16-17H,1-6,9-14H2/t16-/m0/s1. The Labute approximate surface area is 143 Å². The number of nitrogens with zero attached hydrogens (tertiary/aromatic N) is 4. The first-order valence-electron chi connectivity index (χ1n) is 9.44. The summed E-state index contributed by atoms with van der Waals surface area (Å²) in [6.45, 7) is 4.97. The fourth-order valence-electron chi connectivity index (χ4n) is 4.31. The quantitative estimate of drug-likeness (QED) is 0.825. The molecule has 2 aliphatic heterocycles. The van der Waals surface area contributed by atoms with Crippen molar-refractivity contribution in [3.05, 3.63) is 18.0 Å². The van der Waals surface area contributed by atoms with Crippen molar-refractivity contribution in [2.45, 2.75) is 57.2 Å². The molecule has 1 amide bonds. The van der Waals surface area contributed by atoms with Gasteiger partial charge in [0.1, 0.15) is 6.61 Å². The third-order valence-electron chi connectivity index (χ3n) is 5.65. The van der Waals surface area contributed by atoms with E-state index in [4.69, 9.17) is 4.74 Å². The molecule has 132 valence electrons. The zero-order chi connectivity index (χ0) is 16.4. The van der Waals surface area contributed by atoms with E-state index in [1.54, 1.807) is 0 Å². The number of rotatable bonds is 5. The minimum Gasteiger partial charge on any atom is -0.368 e. The predicted octanol–water partition coefficient (Wildman–Crippen LogP) is 1.82. The Balaban J connectivity index is 1.38. The maximum atomic E-state index is 12.6. The van der Waals surface area contributed by atoms with Gasteiger partial charge in [0.2, 0.25) is 5.91 Å². The average molecular weight is 332 g/mol. The molecule has 1 saturated heterocycles. The second-order valence-electron chi connectivity index (χ2n) is 7.42. The minimum atomic E-state index is 0.126. The molecule has 2 fully saturated rings. The van der Waals surface area contributed by atoms with Crippen molar-refractivity contribution in [1.29, 1.82) is 0 Å². The molecule has 4 rings (SSSR count).